The number of piperazine rings is 1. The standard InChI is InChI=1S/C31H32Cl2N4O5S/c1-16(2)41-24-10-18(30(38)39)11-25-28(24)34-31(43-25)37-9-8-36-14-20(12-19(36)13-37)40-15-21-27(35-42-29(21)17-6-7-17)26-22(32)4-3-5-23(26)33/h3-5,10-11,16-17,19-20H,6-9,12-15H2,1-2H3,(H,38,39). The third kappa shape index (κ3) is 5.71. The first kappa shape index (κ1) is 28.9. The highest BCUT2D eigenvalue weighted by Crippen LogP contribution is 2.46. The van der Waals surface area contributed by atoms with Gasteiger partial charge in [-0.3, -0.25) is 4.90 Å². The van der Waals surface area contributed by atoms with Crippen LogP contribution in [0.15, 0.2) is 34.9 Å². The van der Waals surface area contributed by atoms with Gasteiger partial charge in [0.1, 0.15) is 22.7 Å². The van der Waals surface area contributed by atoms with Gasteiger partial charge in [0.05, 0.1) is 39.1 Å². The van der Waals surface area contributed by atoms with Gasteiger partial charge in [-0.05, 0) is 57.4 Å². The van der Waals surface area contributed by atoms with Crippen LogP contribution in [0, 0.1) is 0 Å². The summed E-state index contributed by atoms with van der Waals surface area (Å²) in [5.41, 5.74) is 3.22. The number of aromatic nitrogens is 2. The van der Waals surface area contributed by atoms with Crippen LogP contribution in [0.25, 0.3) is 21.5 Å². The summed E-state index contributed by atoms with van der Waals surface area (Å²) in [4.78, 5) is 21.4. The third-order valence-corrected chi connectivity index (χ3v) is 10.0. The number of nitrogens with zero attached hydrogens (tertiary/aromatic N) is 4. The molecule has 1 saturated carbocycles. The topological polar surface area (TPSA) is 101 Å². The van der Waals surface area contributed by atoms with Gasteiger partial charge >= 0.3 is 5.97 Å². The SMILES string of the molecule is CC(C)Oc1cc(C(=O)O)cc2sc(N3CCN4CC(OCc5c(-c6c(Cl)cccc6Cl)noc5C5CC5)CC4C3)nc12. The summed E-state index contributed by atoms with van der Waals surface area (Å²) in [6.07, 6.45) is 3.05. The maximum absolute atomic E-state index is 11.7. The van der Waals surface area contributed by atoms with E-state index in [4.69, 9.17) is 42.2 Å². The van der Waals surface area contributed by atoms with Gasteiger partial charge in [0.15, 0.2) is 5.13 Å². The molecule has 2 unspecified atom stereocenters. The van der Waals surface area contributed by atoms with Gasteiger partial charge in [0.2, 0.25) is 0 Å². The molecule has 1 N–H and O–H groups in total. The van der Waals surface area contributed by atoms with Gasteiger partial charge in [0, 0.05) is 49.3 Å². The van der Waals surface area contributed by atoms with E-state index in [1.165, 1.54) is 11.3 Å². The number of anilines is 1. The molecule has 4 heterocycles. The first-order valence-electron chi connectivity index (χ1n) is 14.6. The van der Waals surface area contributed by atoms with E-state index in [1.54, 1.807) is 12.1 Å². The zero-order chi connectivity index (χ0) is 29.8. The van der Waals surface area contributed by atoms with E-state index in [2.05, 4.69) is 15.0 Å². The Morgan fingerprint density at radius 2 is 1.98 bits per heavy atom. The number of rotatable bonds is 9. The third-order valence-electron chi connectivity index (χ3n) is 8.34. The summed E-state index contributed by atoms with van der Waals surface area (Å²) in [5, 5.41) is 16.0. The van der Waals surface area contributed by atoms with Gasteiger partial charge in [-0.2, -0.15) is 0 Å². The van der Waals surface area contributed by atoms with E-state index >= 15 is 0 Å². The second kappa shape index (κ2) is 11.6. The summed E-state index contributed by atoms with van der Waals surface area (Å²) in [6.45, 7) is 7.66. The highest BCUT2D eigenvalue weighted by atomic mass is 35.5. The van der Waals surface area contributed by atoms with Crippen molar-refractivity contribution in [3.63, 3.8) is 0 Å². The maximum Gasteiger partial charge on any atom is 0.335 e. The predicted octanol–water partition coefficient (Wildman–Crippen LogP) is 7.10. The summed E-state index contributed by atoms with van der Waals surface area (Å²) in [5.74, 6) is 0.790. The average molecular weight is 644 g/mol. The first-order chi connectivity index (χ1) is 20.7. The second-order valence-corrected chi connectivity index (χ2v) is 13.6. The molecule has 0 amide bonds. The minimum absolute atomic E-state index is 0.0704. The quantitative estimate of drug-likeness (QED) is 0.205. The molecule has 2 aliphatic heterocycles. The van der Waals surface area contributed by atoms with E-state index in [9.17, 15) is 9.90 Å². The molecule has 3 fully saturated rings. The van der Waals surface area contributed by atoms with Crippen LogP contribution >= 0.6 is 34.5 Å². The van der Waals surface area contributed by atoms with Crippen LogP contribution < -0.4 is 9.64 Å². The molecule has 0 radical (unpaired) electrons. The fraction of sp³-hybridized carbons (Fsp3) is 0.452. The number of fused-ring (bicyclic) bond motifs is 2. The molecule has 7 rings (SSSR count). The summed E-state index contributed by atoms with van der Waals surface area (Å²) < 4.78 is 19.1. The van der Waals surface area contributed by atoms with Crippen LogP contribution in [0.4, 0.5) is 5.13 Å². The fourth-order valence-corrected chi connectivity index (χ4v) is 7.76. The van der Waals surface area contributed by atoms with Crippen molar-refractivity contribution in [3.05, 3.63) is 57.3 Å². The van der Waals surface area contributed by atoms with Gasteiger partial charge in [0.25, 0.3) is 0 Å². The molecule has 0 bridgehead atoms. The van der Waals surface area contributed by atoms with Crippen LogP contribution in [-0.2, 0) is 11.3 Å². The molecule has 12 heteroatoms. The molecule has 43 heavy (non-hydrogen) atoms. The first-order valence-corrected chi connectivity index (χ1v) is 16.2. The summed E-state index contributed by atoms with van der Waals surface area (Å²) in [6, 6.07) is 9.04. The van der Waals surface area contributed by atoms with Gasteiger partial charge in [-0.25, -0.2) is 9.78 Å². The van der Waals surface area contributed by atoms with E-state index in [1.807, 2.05) is 32.0 Å². The van der Waals surface area contributed by atoms with Crippen molar-refractivity contribution >= 4 is 55.9 Å². The van der Waals surface area contributed by atoms with Crippen molar-refractivity contribution in [1.82, 2.24) is 15.0 Å². The van der Waals surface area contributed by atoms with Crippen molar-refractivity contribution in [2.45, 2.75) is 63.9 Å². The second-order valence-electron chi connectivity index (χ2n) is 11.8. The molecular weight excluding hydrogens is 611 g/mol. The minimum atomic E-state index is -0.978. The van der Waals surface area contributed by atoms with Crippen molar-refractivity contribution in [2.24, 2.45) is 0 Å². The molecule has 2 aromatic heterocycles. The highest BCUT2D eigenvalue weighted by Gasteiger charge is 2.39. The highest BCUT2D eigenvalue weighted by molar-refractivity contribution is 7.22. The Labute approximate surface area is 263 Å². The molecule has 2 saturated heterocycles. The molecule has 1 aliphatic carbocycles. The lowest BCUT2D eigenvalue weighted by atomic mass is 10.0. The normalized spacial score (nSPS) is 20.7. The minimum Gasteiger partial charge on any atom is -0.489 e. The molecular formula is C31H32Cl2N4O5S. The van der Waals surface area contributed by atoms with Crippen LogP contribution in [0.5, 0.6) is 5.75 Å². The lowest BCUT2D eigenvalue weighted by Crippen LogP contribution is -2.50. The number of carboxylic acid groups (broad SMARTS) is 1. The molecule has 2 atom stereocenters. The Morgan fingerprint density at radius 3 is 2.70 bits per heavy atom. The van der Waals surface area contributed by atoms with E-state index in [0.29, 0.717) is 51.1 Å². The number of ether oxygens (including phenoxy) is 2. The van der Waals surface area contributed by atoms with Gasteiger partial charge in [-0.1, -0.05) is 45.8 Å². The molecule has 0 spiro atoms. The van der Waals surface area contributed by atoms with Crippen LogP contribution in [-0.4, -0.2) is 70.5 Å². The van der Waals surface area contributed by atoms with Crippen LogP contribution in [0.2, 0.25) is 10.0 Å². The lowest BCUT2D eigenvalue weighted by molar-refractivity contribution is 0.0463. The van der Waals surface area contributed by atoms with Crippen molar-refractivity contribution in [2.75, 3.05) is 31.1 Å². The average Bonchev–Trinajstić information content (AvgIpc) is 3.38. The number of benzene rings is 2. The van der Waals surface area contributed by atoms with Gasteiger partial charge < -0.3 is 24.0 Å². The Balaban J connectivity index is 1.06. The Bertz CT molecular complexity index is 1670. The largest absolute Gasteiger partial charge is 0.489 e. The predicted molar refractivity (Wildman–Crippen MR) is 167 cm³/mol. The number of carbonyl (C=O) groups is 1. The van der Waals surface area contributed by atoms with Crippen LogP contribution in [0.3, 0.4) is 0 Å². The molecule has 3 aliphatic rings. The van der Waals surface area contributed by atoms with Crippen molar-refractivity contribution in [1.29, 1.82) is 0 Å². The van der Waals surface area contributed by atoms with Crippen molar-refractivity contribution in [3.8, 4) is 17.0 Å². The lowest BCUT2D eigenvalue weighted by Gasteiger charge is -2.37. The summed E-state index contributed by atoms with van der Waals surface area (Å²) >= 11 is 14.6. The van der Waals surface area contributed by atoms with E-state index in [0.717, 1.165) is 66.6 Å². The number of carboxylic acids is 1. The summed E-state index contributed by atoms with van der Waals surface area (Å²) in [7, 11) is 0. The van der Waals surface area contributed by atoms with Crippen molar-refractivity contribution < 1.29 is 23.9 Å². The molecule has 226 valence electrons. The maximum atomic E-state index is 11.7. The molecule has 4 aromatic rings. The van der Waals surface area contributed by atoms with Gasteiger partial charge in [-0.15, -0.1) is 0 Å². The zero-order valence-corrected chi connectivity index (χ0v) is 26.2. The Kier molecular flexibility index (Phi) is 7.75. The van der Waals surface area contributed by atoms with E-state index in [-0.39, 0.29) is 17.8 Å². The number of halogens is 2. The Hall–Kier alpha value is -2.89. The molecule has 2 aromatic carbocycles. The van der Waals surface area contributed by atoms with E-state index < -0.39 is 5.97 Å². The smallest absolute Gasteiger partial charge is 0.335 e. The zero-order valence-electron chi connectivity index (χ0n) is 23.9. The fourth-order valence-electron chi connectivity index (χ4n) is 6.13. The Morgan fingerprint density at radius 1 is 1.19 bits per heavy atom. The number of hydrogen-bond acceptors (Lipinski definition) is 9. The monoisotopic (exact) mass is 642 g/mol. The number of aromatic carboxylic acids is 1. The number of hydrogen-bond donors (Lipinski definition) is 1. The number of thiazole rings is 1. The van der Waals surface area contributed by atoms with Crippen LogP contribution in [0.1, 0.15) is 60.7 Å². The molecule has 9 nitrogen and oxygen atoms in total.